The number of rotatable bonds is 9. The van der Waals surface area contributed by atoms with E-state index in [4.69, 9.17) is 4.74 Å². The second-order valence-electron chi connectivity index (χ2n) is 8.62. The number of carbonyl (C=O) groups excluding carboxylic acids is 1. The lowest BCUT2D eigenvalue weighted by atomic mass is 10.0. The number of amides is 1. The highest BCUT2D eigenvalue weighted by molar-refractivity contribution is 7.89. The zero-order chi connectivity index (χ0) is 22.7. The molecule has 7 nitrogen and oxygen atoms in total. The van der Waals surface area contributed by atoms with Gasteiger partial charge in [-0.2, -0.15) is 0 Å². The van der Waals surface area contributed by atoms with E-state index in [9.17, 15) is 13.2 Å². The zero-order valence-electron chi connectivity index (χ0n) is 18.6. The number of benzene rings is 2. The number of nitrogens with zero attached hydrogens (tertiary/aromatic N) is 1. The molecule has 2 aromatic carbocycles. The first-order valence-corrected chi connectivity index (χ1v) is 12.6. The van der Waals surface area contributed by atoms with Crippen LogP contribution < -0.4 is 14.8 Å². The molecular formula is C24H31N3O4S. The van der Waals surface area contributed by atoms with Crippen LogP contribution in [-0.4, -0.2) is 52.0 Å². The molecule has 2 aliphatic rings. The normalized spacial score (nSPS) is 17.8. The Morgan fingerprint density at radius 3 is 2.59 bits per heavy atom. The number of sulfonamides is 1. The van der Waals surface area contributed by atoms with Gasteiger partial charge in [0.2, 0.25) is 10.0 Å². The third kappa shape index (κ3) is 5.31. The summed E-state index contributed by atoms with van der Waals surface area (Å²) in [5.41, 5.74) is 2.22. The third-order valence-electron chi connectivity index (χ3n) is 6.18. The van der Waals surface area contributed by atoms with Gasteiger partial charge < -0.3 is 10.1 Å². The number of ether oxygens (including phenoxy) is 1. The van der Waals surface area contributed by atoms with Crippen LogP contribution in [0.2, 0.25) is 0 Å². The highest BCUT2D eigenvalue weighted by atomic mass is 32.2. The van der Waals surface area contributed by atoms with E-state index in [0.717, 1.165) is 55.6 Å². The summed E-state index contributed by atoms with van der Waals surface area (Å²) in [5.74, 6) is 0.521. The highest BCUT2D eigenvalue weighted by Crippen LogP contribution is 2.28. The minimum Gasteiger partial charge on any atom is -0.497 e. The number of carbonyl (C=O) groups is 1. The molecule has 0 aromatic heterocycles. The summed E-state index contributed by atoms with van der Waals surface area (Å²) >= 11 is 0. The fourth-order valence-corrected chi connectivity index (χ4v) is 5.48. The Bertz CT molecular complexity index is 1080. The fraction of sp³-hybridized carbons (Fsp3) is 0.458. The monoisotopic (exact) mass is 457 g/mol. The molecule has 2 N–H and O–H groups in total. The van der Waals surface area contributed by atoms with Gasteiger partial charge in [0.1, 0.15) is 5.75 Å². The first-order valence-electron chi connectivity index (χ1n) is 11.2. The maximum absolute atomic E-state index is 13.1. The topological polar surface area (TPSA) is 87.7 Å². The Labute approximate surface area is 190 Å². The molecule has 1 amide bonds. The van der Waals surface area contributed by atoms with Gasteiger partial charge in [0.15, 0.2) is 0 Å². The van der Waals surface area contributed by atoms with Crippen molar-refractivity contribution in [1.29, 1.82) is 0 Å². The second kappa shape index (κ2) is 9.60. The van der Waals surface area contributed by atoms with Crippen LogP contribution in [0.15, 0.2) is 47.4 Å². The van der Waals surface area contributed by atoms with E-state index in [1.165, 1.54) is 6.07 Å². The van der Waals surface area contributed by atoms with Crippen LogP contribution in [0.25, 0.3) is 0 Å². The number of likely N-dealkylation sites (tertiary alicyclic amines) is 1. The molecule has 172 valence electrons. The summed E-state index contributed by atoms with van der Waals surface area (Å²) in [4.78, 5) is 15.6. The van der Waals surface area contributed by atoms with E-state index in [-0.39, 0.29) is 22.9 Å². The van der Waals surface area contributed by atoms with Gasteiger partial charge in [0, 0.05) is 18.2 Å². The van der Waals surface area contributed by atoms with Gasteiger partial charge in [0.25, 0.3) is 5.91 Å². The van der Waals surface area contributed by atoms with Crippen molar-refractivity contribution in [1.82, 2.24) is 14.9 Å². The number of hydrogen-bond acceptors (Lipinski definition) is 5. The smallest absolute Gasteiger partial charge is 0.251 e. The molecular weight excluding hydrogens is 426 g/mol. The van der Waals surface area contributed by atoms with Crippen LogP contribution >= 0.6 is 0 Å². The van der Waals surface area contributed by atoms with Gasteiger partial charge in [0.05, 0.1) is 18.0 Å². The molecule has 32 heavy (non-hydrogen) atoms. The quantitative estimate of drug-likeness (QED) is 0.604. The Balaban J connectivity index is 1.52. The van der Waals surface area contributed by atoms with Gasteiger partial charge in [-0.1, -0.05) is 18.2 Å². The summed E-state index contributed by atoms with van der Waals surface area (Å²) in [6.45, 7) is 4.22. The average Bonchev–Trinajstić information content (AvgIpc) is 3.42. The summed E-state index contributed by atoms with van der Waals surface area (Å²) in [7, 11) is -1.97. The second-order valence-corrected chi connectivity index (χ2v) is 10.3. The fourth-order valence-electron chi connectivity index (χ4n) is 4.15. The maximum atomic E-state index is 13.1. The highest BCUT2D eigenvalue weighted by Gasteiger charge is 2.29. The summed E-state index contributed by atoms with van der Waals surface area (Å²) < 4.78 is 33.2. The Morgan fingerprint density at radius 1 is 1.16 bits per heavy atom. The zero-order valence-corrected chi connectivity index (χ0v) is 19.5. The molecule has 0 bridgehead atoms. The molecule has 8 heteroatoms. The predicted molar refractivity (Wildman–Crippen MR) is 123 cm³/mol. The number of methoxy groups -OCH3 is 1. The van der Waals surface area contributed by atoms with Gasteiger partial charge >= 0.3 is 0 Å². The predicted octanol–water partition coefficient (Wildman–Crippen LogP) is 3.01. The van der Waals surface area contributed by atoms with Crippen LogP contribution in [0.3, 0.4) is 0 Å². The van der Waals surface area contributed by atoms with Crippen molar-refractivity contribution in [3.8, 4) is 5.75 Å². The van der Waals surface area contributed by atoms with Crippen molar-refractivity contribution < 1.29 is 17.9 Å². The third-order valence-corrected chi connectivity index (χ3v) is 7.70. The summed E-state index contributed by atoms with van der Waals surface area (Å²) in [6, 6.07) is 12.7. The molecule has 1 heterocycles. The van der Waals surface area contributed by atoms with Crippen molar-refractivity contribution >= 4 is 15.9 Å². The average molecular weight is 458 g/mol. The minimum atomic E-state index is -3.62. The molecule has 1 aliphatic carbocycles. The van der Waals surface area contributed by atoms with Crippen molar-refractivity contribution in [3.63, 3.8) is 0 Å². The van der Waals surface area contributed by atoms with Crippen LogP contribution in [0.4, 0.5) is 0 Å². The van der Waals surface area contributed by atoms with E-state index >= 15 is 0 Å². The van der Waals surface area contributed by atoms with E-state index in [1.54, 1.807) is 19.2 Å². The maximum Gasteiger partial charge on any atom is 0.251 e. The van der Waals surface area contributed by atoms with Crippen LogP contribution in [0.5, 0.6) is 5.75 Å². The van der Waals surface area contributed by atoms with E-state index in [1.807, 2.05) is 25.1 Å². The standard InChI is InChI=1S/C24H31N3O4S/c1-17-8-11-21(32(29,30)26-19-9-10-19)15-22(17)24(28)25-16-23(27-12-3-4-13-27)18-6-5-7-20(14-18)31-2/h5-8,11,14-15,19,23,26H,3-4,9-10,12-13,16H2,1-2H3,(H,25,28). The van der Waals surface area contributed by atoms with Gasteiger partial charge in [-0.15, -0.1) is 0 Å². The number of nitrogens with one attached hydrogen (secondary N) is 2. The van der Waals surface area contributed by atoms with Crippen LogP contribution in [0, 0.1) is 6.92 Å². The lowest BCUT2D eigenvalue weighted by molar-refractivity contribution is 0.0937. The molecule has 1 saturated carbocycles. The van der Waals surface area contributed by atoms with Crippen molar-refractivity contribution in [3.05, 3.63) is 59.2 Å². The minimum absolute atomic E-state index is 0.0164. The largest absolute Gasteiger partial charge is 0.497 e. The first kappa shape index (κ1) is 22.8. The molecule has 1 unspecified atom stereocenters. The molecule has 1 atom stereocenters. The Hall–Kier alpha value is -2.42. The summed E-state index contributed by atoms with van der Waals surface area (Å²) in [6.07, 6.45) is 4.00. The van der Waals surface area contributed by atoms with Crippen molar-refractivity contribution in [2.45, 2.75) is 49.6 Å². The molecule has 1 aliphatic heterocycles. The molecule has 4 rings (SSSR count). The van der Waals surface area contributed by atoms with Crippen LogP contribution in [-0.2, 0) is 10.0 Å². The SMILES string of the molecule is COc1cccc(C(CNC(=O)c2cc(S(=O)(=O)NC3CC3)ccc2C)N2CCCC2)c1. The van der Waals surface area contributed by atoms with E-state index in [2.05, 4.69) is 21.0 Å². The molecule has 0 radical (unpaired) electrons. The van der Waals surface area contributed by atoms with E-state index in [0.29, 0.717) is 12.1 Å². The first-order chi connectivity index (χ1) is 15.4. The van der Waals surface area contributed by atoms with Gasteiger partial charge in [-0.3, -0.25) is 9.69 Å². The lowest BCUT2D eigenvalue weighted by Gasteiger charge is -2.28. The van der Waals surface area contributed by atoms with Gasteiger partial charge in [-0.25, -0.2) is 13.1 Å². The summed E-state index contributed by atoms with van der Waals surface area (Å²) in [5, 5.41) is 3.05. The van der Waals surface area contributed by atoms with Gasteiger partial charge in [-0.05, 0) is 81.1 Å². The lowest BCUT2D eigenvalue weighted by Crippen LogP contribution is -2.37. The van der Waals surface area contributed by atoms with Crippen LogP contribution in [0.1, 0.15) is 53.2 Å². The Kier molecular flexibility index (Phi) is 6.83. The molecule has 2 aromatic rings. The Morgan fingerprint density at radius 2 is 1.91 bits per heavy atom. The van der Waals surface area contributed by atoms with E-state index < -0.39 is 10.0 Å². The molecule has 2 fully saturated rings. The number of hydrogen-bond donors (Lipinski definition) is 2. The van der Waals surface area contributed by atoms with Crippen molar-refractivity contribution in [2.24, 2.45) is 0 Å². The number of aryl methyl sites for hydroxylation is 1. The molecule has 0 spiro atoms. The molecule has 1 saturated heterocycles. The van der Waals surface area contributed by atoms with Crippen molar-refractivity contribution in [2.75, 3.05) is 26.7 Å².